The molecule has 0 radical (unpaired) electrons. The maximum Gasteiger partial charge on any atom is 0.256 e. The van der Waals surface area contributed by atoms with Crippen molar-refractivity contribution >= 4 is 17.7 Å². The Balaban J connectivity index is 1.33. The van der Waals surface area contributed by atoms with Crippen LogP contribution in [0.15, 0.2) is 84.9 Å². The van der Waals surface area contributed by atoms with Crippen LogP contribution in [-0.2, 0) is 16.1 Å². The van der Waals surface area contributed by atoms with Gasteiger partial charge in [0.1, 0.15) is 17.5 Å². The van der Waals surface area contributed by atoms with E-state index in [1.165, 1.54) is 0 Å². The Hall–Kier alpha value is -4.17. The molecule has 2 fully saturated rings. The number of benzene rings is 3. The minimum absolute atomic E-state index is 0.0846. The Kier molecular flexibility index (Phi) is 7.42. The van der Waals surface area contributed by atoms with Crippen molar-refractivity contribution in [3.8, 4) is 5.75 Å². The SMILES string of the molecule is COc1ccc(C(=O)N2CCC3(CC2)OC[C@H](C(=O)NCc2ccccc2)N3C(=O)c2ccccc2)cc1. The molecule has 0 aliphatic carbocycles. The lowest BCUT2D eigenvalue weighted by atomic mass is 9.96. The van der Waals surface area contributed by atoms with E-state index in [9.17, 15) is 14.4 Å². The average molecular weight is 514 g/mol. The van der Waals surface area contributed by atoms with Crippen LogP contribution in [0.3, 0.4) is 0 Å². The summed E-state index contributed by atoms with van der Waals surface area (Å²) in [4.78, 5) is 43.6. The first kappa shape index (κ1) is 25.5. The summed E-state index contributed by atoms with van der Waals surface area (Å²) in [5.41, 5.74) is 1.08. The van der Waals surface area contributed by atoms with E-state index in [4.69, 9.17) is 9.47 Å². The van der Waals surface area contributed by atoms with Crippen LogP contribution in [0.25, 0.3) is 0 Å². The lowest BCUT2D eigenvalue weighted by Crippen LogP contribution is -2.59. The maximum atomic E-state index is 13.8. The summed E-state index contributed by atoms with van der Waals surface area (Å²) in [5.74, 6) is 0.0911. The van der Waals surface area contributed by atoms with Crippen molar-refractivity contribution in [2.75, 3.05) is 26.8 Å². The van der Waals surface area contributed by atoms with Gasteiger partial charge in [0.15, 0.2) is 0 Å². The predicted molar refractivity (Wildman–Crippen MR) is 142 cm³/mol. The minimum Gasteiger partial charge on any atom is -0.497 e. The van der Waals surface area contributed by atoms with Crippen LogP contribution in [0.4, 0.5) is 0 Å². The number of amides is 3. The molecule has 3 aromatic rings. The Morgan fingerprint density at radius 1 is 0.868 bits per heavy atom. The first-order valence-electron chi connectivity index (χ1n) is 12.8. The van der Waals surface area contributed by atoms with Crippen molar-refractivity contribution in [1.82, 2.24) is 15.1 Å². The largest absolute Gasteiger partial charge is 0.497 e. The molecular weight excluding hydrogens is 482 g/mol. The normalized spacial score (nSPS) is 18.3. The van der Waals surface area contributed by atoms with Crippen molar-refractivity contribution in [3.05, 3.63) is 102 Å². The fraction of sp³-hybridized carbons (Fsp3) is 0.300. The van der Waals surface area contributed by atoms with Gasteiger partial charge in [-0.3, -0.25) is 19.3 Å². The summed E-state index contributed by atoms with van der Waals surface area (Å²) in [6.07, 6.45) is 0.825. The highest BCUT2D eigenvalue weighted by molar-refractivity contribution is 5.98. The zero-order valence-electron chi connectivity index (χ0n) is 21.3. The highest BCUT2D eigenvalue weighted by Gasteiger charge is 2.54. The van der Waals surface area contributed by atoms with Gasteiger partial charge in [0.05, 0.1) is 13.7 Å². The molecule has 2 heterocycles. The van der Waals surface area contributed by atoms with Crippen molar-refractivity contribution in [1.29, 1.82) is 0 Å². The lowest BCUT2D eigenvalue weighted by Gasteiger charge is -2.44. The van der Waals surface area contributed by atoms with Gasteiger partial charge in [0.2, 0.25) is 5.91 Å². The molecule has 2 aliphatic heterocycles. The zero-order valence-corrected chi connectivity index (χ0v) is 21.3. The van der Waals surface area contributed by atoms with Crippen molar-refractivity contribution < 1.29 is 23.9 Å². The minimum atomic E-state index is -0.960. The molecule has 1 atom stereocenters. The Bertz CT molecular complexity index is 1270. The Morgan fingerprint density at radius 3 is 2.11 bits per heavy atom. The highest BCUT2D eigenvalue weighted by Crippen LogP contribution is 2.39. The van der Waals surface area contributed by atoms with Gasteiger partial charge in [-0.05, 0) is 42.0 Å². The van der Waals surface area contributed by atoms with E-state index in [1.807, 2.05) is 36.4 Å². The quantitative estimate of drug-likeness (QED) is 0.545. The van der Waals surface area contributed by atoms with Gasteiger partial charge in [-0.25, -0.2) is 0 Å². The van der Waals surface area contributed by atoms with Gasteiger partial charge < -0.3 is 19.7 Å². The molecule has 38 heavy (non-hydrogen) atoms. The van der Waals surface area contributed by atoms with Crippen molar-refractivity contribution in [2.24, 2.45) is 0 Å². The van der Waals surface area contributed by atoms with E-state index in [0.717, 1.165) is 5.56 Å². The maximum absolute atomic E-state index is 13.8. The number of hydrogen-bond donors (Lipinski definition) is 1. The third-order valence-electron chi connectivity index (χ3n) is 7.28. The smallest absolute Gasteiger partial charge is 0.256 e. The molecule has 3 amide bonds. The van der Waals surface area contributed by atoms with Gasteiger partial charge in [-0.1, -0.05) is 48.5 Å². The van der Waals surface area contributed by atoms with Crippen LogP contribution in [0, 0.1) is 0 Å². The monoisotopic (exact) mass is 513 g/mol. The van der Waals surface area contributed by atoms with Gasteiger partial charge in [0, 0.05) is 43.6 Å². The molecule has 196 valence electrons. The predicted octanol–water partition coefficient (Wildman–Crippen LogP) is 3.49. The number of carbonyl (C=O) groups is 3. The van der Waals surface area contributed by atoms with E-state index in [1.54, 1.807) is 65.4 Å². The number of ether oxygens (including phenoxy) is 2. The summed E-state index contributed by atoms with van der Waals surface area (Å²) in [5, 5.41) is 2.97. The number of carbonyl (C=O) groups excluding carboxylic acids is 3. The second-order valence-electron chi connectivity index (χ2n) is 9.54. The molecule has 5 rings (SSSR count). The summed E-state index contributed by atoms with van der Waals surface area (Å²) in [6, 6.07) is 24.8. The molecular formula is C30H31N3O5. The second-order valence-corrected chi connectivity index (χ2v) is 9.54. The summed E-state index contributed by atoms with van der Waals surface area (Å²) >= 11 is 0. The lowest BCUT2D eigenvalue weighted by molar-refractivity contribution is -0.128. The second kappa shape index (κ2) is 11.1. The third-order valence-corrected chi connectivity index (χ3v) is 7.28. The van der Waals surface area contributed by atoms with E-state index >= 15 is 0 Å². The molecule has 1 N–H and O–H groups in total. The van der Waals surface area contributed by atoms with Gasteiger partial charge in [0.25, 0.3) is 11.8 Å². The van der Waals surface area contributed by atoms with Gasteiger partial charge >= 0.3 is 0 Å². The van der Waals surface area contributed by atoms with Crippen molar-refractivity contribution in [3.63, 3.8) is 0 Å². The van der Waals surface area contributed by atoms with Crippen LogP contribution < -0.4 is 10.1 Å². The number of rotatable bonds is 6. The number of methoxy groups -OCH3 is 1. The van der Waals surface area contributed by atoms with Crippen LogP contribution in [-0.4, -0.2) is 66.1 Å². The molecule has 2 aliphatic rings. The fourth-order valence-electron chi connectivity index (χ4n) is 5.16. The molecule has 2 saturated heterocycles. The molecule has 1 spiro atoms. The molecule has 0 bridgehead atoms. The molecule has 8 heteroatoms. The average Bonchev–Trinajstić information content (AvgIpc) is 3.35. The van der Waals surface area contributed by atoms with E-state index < -0.39 is 11.8 Å². The first-order valence-corrected chi connectivity index (χ1v) is 12.8. The topological polar surface area (TPSA) is 88.2 Å². The highest BCUT2D eigenvalue weighted by atomic mass is 16.5. The Morgan fingerprint density at radius 2 is 1.47 bits per heavy atom. The fourth-order valence-corrected chi connectivity index (χ4v) is 5.16. The summed E-state index contributed by atoms with van der Waals surface area (Å²) in [7, 11) is 1.58. The molecule has 0 aromatic heterocycles. The molecule has 0 unspecified atom stereocenters. The van der Waals surface area contributed by atoms with E-state index in [2.05, 4.69) is 5.32 Å². The molecule has 3 aromatic carbocycles. The van der Waals surface area contributed by atoms with Crippen LogP contribution in [0.5, 0.6) is 5.75 Å². The van der Waals surface area contributed by atoms with Crippen LogP contribution in [0.2, 0.25) is 0 Å². The van der Waals surface area contributed by atoms with E-state index in [-0.39, 0.29) is 24.3 Å². The number of nitrogens with one attached hydrogen (secondary N) is 1. The van der Waals surface area contributed by atoms with Crippen molar-refractivity contribution in [2.45, 2.75) is 31.2 Å². The number of piperidine rings is 1. The third kappa shape index (κ3) is 5.13. The first-order chi connectivity index (χ1) is 18.5. The summed E-state index contributed by atoms with van der Waals surface area (Å²) < 4.78 is 11.5. The number of nitrogens with zero attached hydrogens (tertiary/aromatic N) is 2. The number of likely N-dealkylation sites (tertiary alicyclic amines) is 1. The van der Waals surface area contributed by atoms with E-state index in [0.29, 0.717) is 49.4 Å². The standard InChI is InChI=1S/C30H31N3O5/c1-37-25-14-12-24(13-15-25)28(35)32-18-16-30(17-19-32)33(29(36)23-10-6-3-7-11-23)26(21-38-30)27(34)31-20-22-8-4-2-5-9-22/h2-15,26H,16-21H2,1H3,(H,31,34)/t26-/m1/s1. The van der Waals surface area contributed by atoms with Crippen LogP contribution in [0.1, 0.15) is 39.1 Å². The molecule has 0 saturated carbocycles. The Labute approximate surface area is 222 Å². The molecule has 8 nitrogen and oxygen atoms in total. The van der Waals surface area contributed by atoms with Crippen LogP contribution >= 0.6 is 0 Å². The van der Waals surface area contributed by atoms with Gasteiger partial charge in [-0.2, -0.15) is 0 Å². The summed E-state index contributed by atoms with van der Waals surface area (Å²) in [6.45, 7) is 1.27. The number of hydrogen-bond acceptors (Lipinski definition) is 5. The van der Waals surface area contributed by atoms with Gasteiger partial charge in [-0.15, -0.1) is 0 Å². The zero-order chi connectivity index (χ0) is 26.5.